The number of carbonyl (C=O) groups excluding carboxylic acids is 1. The van der Waals surface area contributed by atoms with Crippen molar-refractivity contribution < 1.29 is 13.9 Å². The lowest BCUT2D eigenvalue weighted by atomic mass is 9.89. The summed E-state index contributed by atoms with van der Waals surface area (Å²) in [6, 6.07) is 29.2. The molecule has 3 aromatic heterocycles. The van der Waals surface area contributed by atoms with E-state index in [4.69, 9.17) is 9.15 Å². The van der Waals surface area contributed by atoms with Crippen molar-refractivity contribution in [2.24, 2.45) is 0 Å². The lowest BCUT2D eigenvalue weighted by molar-refractivity contribution is 0.0500. The Morgan fingerprint density at radius 1 is 0.778 bits per heavy atom. The Morgan fingerprint density at radius 3 is 1.91 bits per heavy atom. The van der Waals surface area contributed by atoms with Crippen molar-refractivity contribution in [1.82, 2.24) is 19.6 Å². The van der Waals surface area contributed by atoms with E-state index in [9.17, 15) is 14.4 Å². The lowest BCUT2D eigenvalue weighted by Crippen LogP contribution is -2.25. The van der Waals surface area contributed by atoms with Crippen molar-refractivity contribution in [2.75, 3.05) is 6.61 Å². The molecule has 0 aliphatic rings. The minimum atomic E-state index is -0.830. The van der Waals surface area contributed by atoms with E-state index < -0.39 is 11.9 Å². The number of furan rings is 1. The molecule has 0 saturated heterocycles. The molecule has 0 saturated carbocycles. The van der Waals surface area contributed by atoms with Crippen molar-refractivity contribution in [3.05, 3.63) is 152 Å². The smallest absolute Gasteiger partial charge is 0.338 e. The van der Waals surface area contributed by atoms with E-state index in [2.05, 4.69) is 10.2 Å². The number of ether oxygens (including phenoxy) is 1. The molecule has 6 aromatic rings. The van der Waals surface area contributed by atoms with Crippen LogP contribution < -0.4 is 11.1 Å². The van der Waals surface area contributed by atoms with Gasteiger partial charge in [0.25, 0.3) is 11.1 Å². The number of esters is 1. The van der Waals surface area contributed by atoms with Crippen molar-refractivity contribution in [1.29, 1.82) is 0 Å². The molecule has 0 radical (unpaired) electrons. The van der Waals surface area contributed by atoms with Gasteiger partial charge in [-0.3, -0.25) is 19.8 Å². The van der Waals surface area contributed by atoms with E-state index in [1.807, 2.05) is 87.5 Å². The fourth-order valence-electron chi connectivity index (χ4n) is 5.60. The van der Waals surface area contributed by atoms with Gasteiger partial charge in [-0.15, -0.1) is 0 Å². The molecule has 9 heteroatoms. The first kappa shape index (κ1) is 29.5. The van der Waals surface area contributed by atoms with Crippen LogP contribution >= 0.6 is 0 Å². The maximum atomic E-state index is 14.1. The third kappa shape index (κ3) is 5.72. The van der Waals surface area contributed by atoms with E-state index in [-0.39, 0.29) is 11.1 Å². The van der Waals surface area contributed by atoms with Gasteiger partial charge in [0.15, 0.2) is 0 Å². The summed E-state index contributed by atoms with van der Waals surface area (Å²) >= 11 is 0. The van der Waals surface area contributed by atoms with Crippen LogP contribution in [0.2, 0.25) is 0 Å². The second-order valence-electron chi connectivity index (χ2n) is 11.0. The van der Waals surface area contributed by atoms with E-state index in [0.29, 0.717) is 63.1 Å². The number of aryl methyl sites for hydroxylation is 2. The van der Waals surface area contributed by atoms with Gasteiger partial charge in [-0.2, -0.15) is 0 Å². The molecule has 6 rings (SSSR count). The van der Waals surface area contributed by atoms with Crippen LogP contribution in [-0.4, -0.2) is 32.1 Å². The first-order chi connectivity index (χ1) is 21.9. The number of para-hydroxylation sites is 2. The van der Waals surface area contributed by atoms with Crippen LogP contribution in [0.25, 0.3) is 22.7 Å². The van der Waals surface area contributed by atoms with Crippen molar-refractivity contribution in [2.45, 2.75) is 39.5 Å². The summed E-state index contributed by atoms with van der Waals surface area (Å²) in [5.41, 5.74) is 3.86. The highest BCUT2D eigenvalue weighted by atomic mass is 16.5. The molecule has 45 heavy (non-hydrogen) atoms. The average molecular weight is 603 g/mol. The zero-order chi connectivity index (χ0) is 31.5. The number of nitrogens with one attached hydrogen (secondary N) is 2. The lowest BCUT2D eigenvalue weighted by Gasteiger charge is -2.13. The highest BCUT2D eigenvalue weighted by Gasteiger charge is 2.33. The molecule has 0 atom stereocenters. The highest BCUT2D eigenvalue weighted by Crippen LogP contribution is 2.35. The number of hydrogen-bond donors (Lipinski definition) is 2. The van der Waals surface area contributed by atoms with E-state index >= 15 is 0 Å². The highest BCUT2D eigenvalue weighted by molar-refractivity contribution is 5.90. The maximum absolute atomic E-state index is 14.1. The summed E-state index contributed by atoms with van der Waals surface area (Å²) in [6.07, 6.45) is 1.72. The molecule has 3 aromatic carbocycles. The SMILES string of the molecule is CCCCOC(=O)c1cccc(-c2ccc(C(c3c(C)[nH]n(-c4ccccc4)c3=O)c3c(C)[nH]n(-c4ccccc4)c3=O)o2)c1. The number of unbranched alkanes of at least 4 members (excludes halogenated alkanes) is 1. The van der Waals surface area contributed by atoms with Gasteiger partial charge in [-0.25, -0.2) is 14.2 Å². The predicted octanol–water partition coefficient (Wildman–Crippen LogP) is 6.66. The molecule has 0 fully saturated rings. The summed E-state index contributed by atoms with van der Waals surface area (Å²) in [4.78, 5) is 40.8. The molecule has 0 aliphatic carbocycles. The van der Waals surface area contributed by atoms with Gasteiger partial charge in [-0.05, 0) is 68.8 Å². The molecule has 3 heterocycles. The van der Waals surface area contributed by atoms with Crippen LogP contribution in [-0.2, 0) is 4.74 Å². The van der Waals surface area contributed by atoms with Gasteiger partial charge in [0.1, 0.15) is 11.5 Å². The predicted molar refractivity (Wildman–Crippen MR) is 173 cm³/mol. The molecule has 0 amide bonds. The molecule has 228 valence electrons. The third-order valence-electron chi connectivity index (χ3n) is 7.87. The number of benzene rings is 3. The van der Waals surface area contributed by atoms with Gasteiger partial charge in [-0.1, -0.05) is 61.9 Å². The Hall–Kier alpha value is -5.57. The average Bonchev–Trinajstić information content (AvgIpc) is 3.75. The van der Waals surface area contributed by atoms with Gasteiger partial charge in [0, 0.05) is 17.0 Å². The summed E-state index contributed by atoms with van der Waals surface area (Å²) in [5.74, 6) is -0.321. The van der Waals surface area contributed by atoms with Crippen LogP contribution in [0.1, 0.15) is 64.3 Å². The fourth-order valence-corrected chi connectivity index (χ4v) is 5.60. The Labute approximate surface area is 259 Å². The molecular weight excluding hydrogens is 568 g/mol. The molecule has 2 N–H and O–H groups in total. The molecule has 0 aliphatic heterocycles. The van der Waals surface area contributed by atoms with Crippen LogP contribution in [0.3, 0.4) is 0 Å². The standard InChI is InChI=1S/C36H34N4O5/c1-4-5-21-44-36(43)26-14-12-13-25(22-26)29-19-20-30(45-29)33(31-23(2)37-39(34(31)41)27-15-8-6-9-16-27)32-24(3)38-40(35(32)42)28-17-10-7-11-18-28/h6-20,22,33,37-38H,4-5,21H2,1-3H3. The summed E-state index contributed by atoms with van der Waals surface area (Å²) in [7, 11) is 0. The van der Waals surface area contributed by atoms with Crippen LogP contribution in [0.15, 0.2) is 111 Å². The molecule has 9 nitrogen and oxygen atoms in total. The number of aromatic amines is 2. The second kappa shape index (κ2) is 12.6. The largest absolute Gasteiger partial charge is 0.462 e. The monoisotopic (exact) mass is 602 g/mol. The van der Waals surface area contributed by atoms with Crippen LogP contribution in [0.4, 0.5) is 0 Å². The van der Waals surface area contributed by atoms with Crippen LogP contribution in [0, 0.1) is 13.8 Å². The number of nitrogens with zero attached hydrogens (tertiary/aromatic N) is 2. The fraction of sp³-hybridized carbons (Fsp3) is 0.194. The first-order valence-electron chi connectivity index (χ1n) is 15.0. The summed E-state index contributed by atoms with van der Waals surface area (Å²) < 4.78 is 14.8. The quantitative estimate of drug-likeness (QED) is 0.134. The normalized spacial score (nSPS) is 11.3. The number of rotatable bonds is 10. The second-order valence-corrected chi connectivity index (χ2v) is 11.0. The molecule has 0 spiro atoms. The van der Waals surface area contributed by atoms with Crippen molar-refractivity contribution >= 4 is 5.97 Å². The summed E-state index contributed by atoms with van der Waals surface area (Å²) in [5, 5.41) is 6.40. The third-order valence-corrected chi connectivity index (χ3v) is 7.87. The van der Waals surface area contributed by atoms with Crippen molar-refractivity contribution in [3.63, 3.8) is 0 Å². The zero-order valence-corrected chi connectivity index (χ0v) is 25.4. The number of carbonyl (C=O) groups is 1. The summed E-state index contributed by atoms with van der Waals surface area (Å²) in [6.45, 7) is 6.03. The maximum Gasteiger partial charge on any atom is 0.338 e. The number of H-pyrrole nitrogens is 2. The van der Waals surface area contributed by atoms with Gasteiger partial charge in [0.2, 0.25) is 0 Å². The van der Waals surface area contributed by atoms with Crippen molar-refractivity contribution in [3.8, 4) is 22.7 Å². The Kier molecular flexibility index (Phi) is 8.24. The first-order valence-corrected chi connectivity index (χ1v) is 15.0. The minimum absolute atomic E-state index is 0.287. The topological polar surface area (TPSA) is 115 Å². The molecule has 0 unspecified atom stereocenters. The van der Waals surface area contributed by atoms with Gasteiger partial charge < -0.3 is 9.15 Å². The zero-order valence-electron chi connectivity index (χ0n) is 25.4. The minimum Gasteiger partial charge on any atom is -0.462 e. The molecular formula is C36H34N4O5. The number of aromatic nitrogens is 4. The van der Waals surface area contributed by atoms with Gasteiger partial charge >= 0.3 is 5.97 Å². The Bertz CT molecular complexity index is 1960. The van der Waals surface area contributed by atoms with Crippen LogP contribution in [0.5, 0.6) is 0 Å². The molecule has 0 bridgehead atoms. The van der Waals surface area contributed by atoms with E-state index in [0.717, 1.165) is 12.8 Å². The Morgan fingerprint density at radius 2 is 1.36 bits per heavy atom. The van der Waals surface area contributed by atoms with E-state index in [1.165, 1.54) is 9.36 Å². The number of hydrogen-bond acceptors (Lipinski definition) is 5. The van der Waals surface area contributed by atoms with E-state index in [1.54, 1.807) is 30.3 Å². The Balaban J connectivity index is 1.48. The van der Waals surface area contributed by atoms with Gasteiger partial charge in [0.05, 0.1) is 40.6 Å².